The Hall–Kier alpha value is -2.04. The number of ether oxygens (including phenoxy) is 3. The molecule has 2 aromatic rings. The van der Waals surface area contributed by atoms with Gasteiger partial charge in [0.05, 0.1) is 27.5 Å². The second-order valence-electron chi connectivity index (χ2n) is 9.13. The first-order valence-electron chi connectivity index (χ1n) is 12.3. The van der Waals surface area contributed by atoms with E-state index in [1.165, 1.54) is 7.11 Å². The lowest BCUT2D eigenvalue weighted by molar-refractivity contribution is 0.107. The van der Waals surface area contributed by atoms with Crippen LogP contribution in [0.5, 0.6) is 11.9 Å². The number of nitrogens with zero attached hydrogens (tertiary/aromatic N) is 5. The van der Waals surface area contributed by atoms with Crippen molar-refractivity contribution in [3.05, 3.63) is 11.0 Å². The van der Waals surface area contributed by atoms with Gasteiger partial charge in [-0.1, -0.05) is 11.6 Å². The summed E-state index contributed by atoms with van der Waals surface area (Å²) in [5.41, 5.74) is -1.30. The molecule has 4 fully saturated rings. The standard InChI is InChI=1S/C22H26ClF2N5O3/c1-31-20-15-17(16(25)18(23)27-20)26-21(28-19(15)30-6-3-7-32-14-8-13(14)30)33-11-22-4-2-5-29(22)10-12(24)9-22/h12-14H,2-11H2,1H3/t12-,13+,14-,22+/m1/s1/i11D2. The Morgan fingerprint density at radius 1 is 1.30 bits per heavy atom. The molecule has 33 heavy (non-hydrogen) atoms. The highest BCUT2D eigenvalue weighted by molar-refractivity contribution is 6.30. The second-order valence-corrected chi connectivity index (χ2v) is 9.48. The molecule has 0 aromatic carbocycles. The summed E-state index contributed by atoms with van der Waals surface area (Å²) in [4.78, 5) is 16.6. The lowest BCUT2D eigenvalue weighted by Crippen LogP contribution is -2.43. The van der Waals surface area contributed by atoms with Crippen molar-refractivity contribution >= 4 is 28.3 Å². The largest absolute Gasteiger partial charge is 0.480 e. The lowest BCUT2D eigenvalue weighted by atomic mass is 9.95. The minimum atomic E-state index is -2.31. The monoisotopic (exact) mass is 483 g/mol. The molecule has 3 aliphatic heterocycles. The Balaban J connectivity index is 1.48. The molecule has 11 heteroatoms. The Morgan fingerprint density at radius 3 is 3.03 bits per heavy atom. The molecule has 1 saturated carbocycles. The molecule has 178 valence electrons. The van der Waals surface area contributed by atoms with E-state index in [9.17, 15) is 4.39 Å². The van der Waals surface area contributed by atoms with E-state index in [-0.39, 0.29) is 47.9 Å². The third-order valence-electron chi connectivity index (χ3n) is 7.05. The number of alkyl halides is 1. The van der Waals surface area contributed by atoms with Crippen LogP contribution >= 0.6 is 11.6 Å². The first-order valence-corrected chi connectivity index (χ1v) is 11.7. The maximum absolute atomic E-state index is 15.2. The molecule has 2 aromatic heterocycles. The molecule has 4 atom stereocenters. The number of halogens is 3. The Morgan fingerprint density at radius 2 is 2.18 bits per heavy atom. The average Bonchev–Trinajstić information content (AvgIpc) is 3.39. The predicted molar refractivity (Wildman–Crippen MR) is 118 cm³/mol. The summed E-state index contributed by atoms with van der Waals surface area (Å²) < 4.78 is 64.2. The quantitative estimate of drug-likeness (QED) is 0.601. The van der Waals surface area contributed by atoms with E-state index in [0.29, 0.717) is 31.9 Å². The van der Waals surface area contributed by atoms with Gasteiger partial charge in [-0.25, -0.2) is 8.78 Å². The molecule has 0 amide bonds. The van der Waals surface area contributed by atoms with Crippen LogP contribution in [0, 0.1) is 5.82 Å². The van der Waals surface area contributed by atoms with Gasteiger partial charge in [0.1, 0.15) is 29.5 Å². The van der Waals surface area contributed by atoms with Gasteiger partial charge >= 0.3 is 6.01 Å². The van der Waals surface area contributed by atoms with Crippen LogP contribution < -0.4 is 14.4 Å². The summed E-state index contributed by atoms with van der Waals surface area (Å²) in [5, 5.41) is -0.187. The number of anilines is 1. The number of hydrogen-bond donors (Lipinski definition) is 0. The van der Waals surface area contributed by atoms with Gasteiger partial charge in [-0.2, -0.15) is 15.0 Å². The summed E-state index contributed by atoms with van der Waals surface area (Å²) in [7, 11) is 1.40. The first kappa shape index (κ1) is 19.3. The Bertz CT molecular complexity index is 1180. The number of methoxy groups -OCH3 is 1. The third kappa shape index (κ3) is 3.57. The summed E-state index contributed by atoms with van der Waals surface area (Å²) in [6, 6.07) is -0.304. The van der Waals surface area contributed by atoms with Crippen molar-refractivity contribution in [1.29, 1.82) is 0 Å². The van der Waals surface area contributed by atoms with Crippen molar-refractivity contribution in [2.45, 2.75) is 56.0 Å². The van der Waals surface area contributed by atoms with Crippen molar-refractivity contribution in [2.75, 3.05) is 44.8 Å². The minimum Gasteiger partial charge on any atom is -0.480 e. The molecule has 3 saturated heterocycles. The zero-order valence-electron chi connectivity index (χ0n) is 20.2. The Kier molecular flexibility index (Phi) is 4.69. The van der Waals surface area contributed by atoms with Crippen LogP contribution in [0.2, 0.25) is 5.15 Å². The molecule has 4 aliphatic rings. The van der Waals surface area contributed by atoms with Gasteiger partial charge in [0.15, 0.2) is 11.0 Å². The predicted octanol–water partition coefficient (Wildman–Crippen LogP) is 3.15. The second kappa shape index (κ2) is 8.02. The van der Waals surface area contributed by atoms with Gasteiger partial charge in [-0.15, -0.1) is 0 Å². The van der Waals surface area contributed by atoms with E-state index >= 15 is 4.39 Å². The van der Waals surface area contributed by atoms with Crippen molar-refractivity contribution < 1.29 is 25.7 Å². The van der Waals surface area contributed by atoms with E-state index in [1.54, 1.807) is 0 Å². The van der Waals surface area contributed by atoms with Crippen molar-refractivity contribution in [3.8, 4) is 11.9 Å². The molecule has 0 bridgehead atoms. The van der Waals surface area contributed by atoms with Gasteiger partial charge in [-0.3, -0.25) is 4.90 Å². The number of fused-ring (bicyclic) bond motifs is 3. The number of aromatic nitrogens is 3. The molecule has 1 aliphatic carbocycles. The van der Waals surface area contributed by atoms with Crippen LogP contribution in [0.15, 0.2) is 0 Å². The van der Waals surface area contributed by atoms with Crippen LogP contribution in [0.1, 0.15) is 34.8 Å². The van der Waals surface area contributed by atoms with Gasteiger partial charge in [0.25, 0.3) is 0 Å². The fourth-order valence-corrected chi connectivity index (χ4v) is 5.61. The fourth-order valence-electron chi connectivity index (χ4n) is 5.44. The summed E-state index contributed by atoms with van der Waals surface area (Å²) >= 11 is 6.03. The molecule has 0 spiro atoms. The molecule has 8 nitrogen and oxygen atoms in total. The zero-order chi connectivity index (χ0) is 24.5. The van der Waals surface area contributed by atoms with E-state index in [1.807, 2.05) is 9.80 Å². The molecule has 5 heterocycles. The van der Waals surface area contributed by atoms with E-state index < -0.39 is 29.2 Å². The highest BCUT2D eigenvalue weighted by Gasteiger charge is 2.50. The smallest absolute Gasteiger partial charge is 0.319 e. The molecule has 0 radical (unpaired) electrons. The highest BCUT2D eigenvalue weighted by atomic mass is 35.5. The van der Waals surface area contributed by atoms with E-state index in [2.05, 4.69) is 15.0 Å². The topological polar surface area (TPSA) is 72.8 Å². The average molecular weight is 484 g/mol. The van der Waals surface area contributed by atoms with Crippen LogP contribution in [0.3, 0.4) is 0 Å². The lowest BCUT2D eigenvalue weighted by Gasteiger charge is -2.31. The molecular formula is C22H26ClF2N5O3. The van der Waals surface area contributed by atoms with E-state index in [0.717, 1.165) is 19.3 Å². The molecule has 6 rings (SSSR count). The maximum atomic E-state index is 15.2. The SMILES string of the molecule is [2H]C([2H])(Oc1nc(N2CCCO[C@@H]3C[C@@H]32)c2c(OC)nc(Cl)c(F)c2n1)[C@@]12CCCN1C[C@H](F)C2. The number of rotatable bonds is 5. The zero-order valence-corrected chi connectivity index (χ0v) is 18.9. The number of pyridine rings is 1. The third-order valence-corrected chi connectivity index (χ3v) is 7.30. The van der Waals surface area contributed by atoms with Crippen molar-refractivity contribution in [2.24, 2.45) is 0 Å². The van der Waals surface area contributed by atoms with Crippen LogP contribution in [0.25, 0.3) is 10.9 Å². The van der Waals surface area contributed by atoms with Gasteiger partial charge in [0.2, 0.25) is 5.88 Å². The molecule has 0 N–H and O–H groups in total. The summed E-state index contributed by atoms with van der Waals surface area (Å²) in [6.07, 6.45) is 1.64. The van der Waals surface area contributed by atoms with Crippen molar-refractivity contribution in [1.82, 2.24) is 19.9 Å². The van der Waals surface area contributed by atoms with Crippen molar-refractivity contribution in [3.63, 3.8) is 0 Å². The maximum Gasteiger partial charge on any atom is 0.319 e. The fraction of sp³-hybridized carbons (Fsp3) is 0.682. The minimum absolute atomic E-state index is 0.0194. The molecular weight excluding hydrogens is 456 g/mol. The van der Waals surface area contributed by atoms with Crippen LogP contribution in [-0.4, -0.2) is 83.6 Å². The van der Waals surface area contributed by atoms with Gasteiger partial charge in [0, 0.05) is 26.1 Å². The molecule has 0 unspecified atom stereocenters. The Labute approximate surface area is 198 Å². The van der Waals surface area contributed by atoms with E-state index in [4.69, 9.17) is 28.6 Å². The van der Waals surface area contributed by atoms with Gasteiger partial charge in [-0.05, 0) is 32.2 Å². The van der Waals surface area contributed by atoms with Crippen LogP contribution in [0.4, 0.5) is 14.6 Å². The number of hydrogen-bond acceptors (Lipinski definition) is 8. The normalized spacial score (nSPS) is 32.7. The summed E-state index contributed by atoms with van der Waals surface area (Å²) in [6.45, 7) is -0.358. The van der Waals surface area contributed by atoms with Crippen LogP contribution in [-0.2, 0) is 4.74 Å². The first-order chi connectivity index (χ1) is 16.7. The highest BCUT2D eigenvalue weighted by Crippen LogP contribution is 2.43. The van der Waals surface area contributed by atoms with Gasteiger partial charge < -0.3 is 19.1 Å². The summed E-state index contributed by atoms with van der Waals surface area (Å²) in [5.74, 6) is -0.482.